The second-order valence-corrected chi connectivity index (χ2v) is 3.29. The molecule has 0 unspecified atom stereocenters. The van der Waals surface area contributed by atoms with Gasteiger partial charge in [0.05, 0.1) is 13.2 Å². The van der Waals surface area contributed by atoms with Gasteiger partial charge < -0.3 is 9.47 Å². The minimum atomic E-state index is -0.129. The summed E-state index contributed by atoms with van der Waals surface area (Å²) in [6.45, 7) is 3.70. The molecule has 0 aromatic heterocycles. The Morgan fingerprint density at radius 2 is 2.17 bits per heavy atom. The van der Waals surface area contributed by atoms with Crippen LogP contribution in [0.5, 0.6) is 0 Å². The number of alkyl halides is 1. The minimum Gasteiger partial charge on any atom is -0.466 e. The van der Waals surface area contributed by atoms with Gasteiger partial charge in [-0.15, -0.1) is 0 Å². The highest BCUT2D eigenvalue weighted by Crippen LogP contribution is 1.94. The molecule has 0 atom stereocenters. The molecule has 0 aliphatic carbocycles. The lowest BCUT2D eigenvalue weighted by Crippen LogP contribution is -2.06. The average Bonchev–Trinajstić information content (AvgIpc) is 2.05. The van der Waals surface area contributed by atoms with Crippen LogP contribution in [0.25, 0.3) is 0 Å². The fraction of sp³-hybridized carbons (Fsp3) is 0.875. The van der Waals surface area contributed by atoms with Gasteiger partial charge >= 0.3 is 5.97 Å². The molecule has 0 bridgehead atoms. The van der Waals surface area contributed by atoms with Gasteiger partial charge in [0.15, 0.2) is 0 Å². The van der Waals surface area contributed by atoms with Crippen LogP contribution in [-0.2, 0) is 14.3 Å². The summed E-state index contributed by atoms with van der Waals surface area (Å²) in [7, 11) is 0. The minimum absolute atomic E-state index is 0.129. The second kappa shape index (κ2) is 9.25. The standard InChI is InChI=1S/C8H15IO3/c1-2-12-8(10)4-3-6-11-7-5-9/h2-7H2,1H3. The van der Waals surface area contributed by atoms with Crippen molar-refractivity contribution in [2.24, 2.45) is 0 Å². The van der Waals surface area contributed by atoms with Crippen LogP contribution in [0.3, 0.4) is 0 Å². The molecule has 0 aromatic rings. The topological polar surface area (TPSA) is 35.5 Å². The van der Waals surface area contributed by atoms with E-state index in [-0.39, 0.29) is 5.97 Å². The number of rotatable bonds is 7. The van der Waals surface area contributed by atoms with Crippen molar-refractivity contribution >= 4 is 28.6 Å². The van der Waals surface area contributed by atoms with Gasteiger partial charge in [0.2, 0.25) is 0 Å². The molecular weight excluding hydrogens is 271 g/mol. The zero-order chi connectivity index (χ0) is 9.23. The maximum Gasteiger partial charge on any atom is 0.305 e. The van der Waals surface area contributed by atoms with E-state index in [0.717, 1.165) is 17.5 Å². The first-order valence-corrected chi connectivity index (χ1v) is 5.63. The van der Waals surface area contributed by atoms with E-state index in [9.17, 15) is 4.79 Å². The summed E-state index contributed by atoms with van der Waals surface area (Å²) in [6, 6.07) is 0. The number of hydrogen-bond acceptors (Lipinski definition) is 3. The number of hydrogen-bond donors (Lipinski definition) is 0. The van der Waals surface area contributed by atoms with E-state index in [2.05, 4.69) is 22.6 Å². The molecule has 4 heteroatoms. The van der Waals surface area contributed by atoms with Crippen LogP contribution in [0.4, 0.5) is 0 Å². The Morgan fingerprint density at radius 1 is 1.42 bits per heavy atom. The molecule has 0 rings (SSSR count). The van der Waals surface area contributed by atoms with Crippen LogP contribution in [0.1, 0.15) is 19.8 Å². The monoisotopic (exact) mass is 286 g/mol. The van der Waals surface area contributed by atoms with E-state index in [1.54, 1.807) is 0 Å². The lowest BCUT2D eigenvalue weighted by atomic mass is 10.3. The molecule has 0 spiro atoms. The first-order chi connectivity index (χ1) is 5.81. The van der Waals surface area contributed by atoms with Crippen molar-refractivity contribution in [3.63, 3.8) is 0 Å². The van der Waals surface area contributed by atoms with Crippen LogP contribution >= 0.6 is 22.6 Å². The molecular formula is C8H15IO3. The van der Waals surface area contributed by atoms with Crippen LogP contribution in [0.15, 0.2) is 0 Å². The van der Waals surface area contributed by atoms with Gasteiger partial charge in [-0.25, -0.2) is 0 Å². The Hall–Kier alpha value is 0.160. The van der Waals surface area contributed by atoms with Gasteiger partial charge in [-0.3, -0.25) is 4.79 Å². The van der Waals surface area contributed by atoms with Crippen molar-refractivity contribution in [1.82, 2.24) is 0 Å². The summed E-state index contributed by atoms with van der Waals surface area (Å²) in [5.74, 6) is -0.129. The summed E-state index contributed by atoms with van der Waals surface area (Å²) in [5.41, 5.74) is 0. The van der Waals surface area contributed by atoms with Crippen LogP contribution < -0.4 is 0 Å². The molecule has 0 radical (unpaired) electrons. The smallest absolute Gasteiger partial charge is 0.305 e. The van der Waals surface area contributed by atoms with Gasteiger partial charge in [0.1, 0.15) is 0 Å². The Morgan fingerprint density at radius 3 is 2.75 bits per heavy atom. The molecule has 3 nitrogen and oxygen atoms in total. The number of ether oxygens (including phenoxy) is 2. The predicted molar refractivity (Wildman–Crippen MR) is 55.6 cm³/mol. The maximum absolute atomic E-state index is 10.8. The molecule has 0 aromatic carbocycles. The molecule has 0 aliphatic heterocycles. The van der Waals surface area contributed by atoms with E-state index in [0.29, 0.717) is 19.6 Å². The zero-order valence-electron chi connectivity index (χ0n) is 7.35. The van der Waals surface area contributed by atoms with Gasteiger partial charge in [0.25, 0.3) is 0 Å². The first kappa shape index (κ1) is 12.2. The molecule has 0 N–H and O–H groups in total. The molecule has 0 saturated heterocycles. The van der Waals surface area contributed by atoms with Crippen molar-refractivity contribution in [2.75, 3.05) is 24.2 Å². The molecule has 0 saturated carbocycles. The molecule has 0 aliphatic rings. The van der Waals surface area contributed by atoms with E-state index in [4.69, 9.17) is 9.47 Å². The lowest BCUT2D eigenvalue weighted by molar-refractivity contribution is -0.143. The van der Waals surface area contributed by atoms with Crippen molar-refractivity contribution in [3.05, 3.63) is 0 Å². The normalized spacial score (nSPS) is 9.83. The quantitative estimate of drug-likeness (QED) is 0.310. The average molecular weight is 286 g/mol. The van der Waals surface area contributed by atoms with Crippen molar-refractivity contribution in [1.29, 1.82) is 0 Å². The molecule has 0 amide bonds. The fourth-order valence-corrected chi connectivity index (χ4v) is 1.02. The molecule has 12 heavy (non-hydrogen) atoms. The highest BCUT2D eigenvalue weighted by molar-refractivity contribution is 14.1. The molecule has 0 fully saturated rings. The van der Waals surface area contributed by atoms with Gasteiger partial charge in [-0.05, 0) is 13.3 Å². The number of carbonyl (C=O) groups is 1. The Kier molecular flexibility index (Phi) is 9.37. The summed E-state index contributed by atoms with van der Waals surface area (Å²) in [6.07, 6.45) is 1.23. The summed E-state index contributed by atoms with van der Waals surface area (Å²) in [5, 5.41) is 0. The largest absolute Gasteiger partial charge is 0.466 e. The van der Waals surface area contributed by atoms with Crippen molar-refractivity contribution in [2.45, 2.75) is 19.8 Å². The summed E-state index contributed by atoms with van der Waals surface area (Å²) in [4.78, 5) is 10.8. The van der Waals surface area contributed by atoms with Gasteiger partial charge in [-0.2, -0.15) is 0 Å². The SMILES string of the molecule is CCOC(=O)CCCOCCI. The Balaban J connectivity index is 3.03. The number of esters is 1. The number of carbonyl (C=O) groups excluding carboxylic acids is 1. The summed E-state index contributed by atoms with van der Waals surface area (Å²) < 4.78 is 10.9. The van der Waals surface area contributed by atoms with E-state index >= 15 is 0 Å². The number of halogens is 1. The predicted octanol–water partition coefficient (Wildman–Crippen LogP) is 1.78. The van der Waals surface area contributed by atoms with Crippen LogP contribution in [-0.4, -0.2) is 30.2 Å². The second-order valence-electron chi connectivity index (χ2n) is 2.21. The summed E-state index contributed by atoms with van der Waals surface area (Å²) >= 11 is 2.25. The Labute approximate surface area is 86.9 Å². The zero-order valence-corrected chi connectivity index (χ0v) is 9.50. The molecule has 72 valence electrons. The van der Waals surface area contributed by atoms with Gasteiger partial charge in [0, 0.05) is 17.5 Å². The van der Waals surface area contributed by atoms with E-state index in [1.807, 2.05) is 6.92 Å². The third-order valence-electron chi connectivity index (χ3n) is 1.20. The molecule has 0 heterocycles. The third-order valence-corrected chi connectivity index (χ3v) is 1.64. The van der Waals surface area contributed by atoms with Crippen molar-refractivity contribution < 1.29 is 14.3 Å². The maximum atomic E-state index is 10.8. The van der Waals surface area contributed by atoms with Gasteiger partial charge in [-0.1, -0.05) is 22.6 Å². The van der Waals surface area contributed by atoms with E-state index < -0.39 is 0 Å². The Bertz CT molecular complexity index is 117. The first-order valence-electron chi connectivity index (χ1n) is 4.10. The third kappa shape index (κ3) is 8.26. The van der Waals surface area contributed by atoms with Crippen LogP contribution in [0.2, 0.25) is 0 Å². The van der Waals surface area contributed by atoms with Crippen molar-refractivity contribution in [3.8, 4) is 0 Å². The highest BCUT2D eigenvalue weighted by Gasteiger charge is 1.99. The van der Waals surface area contributed by atoms with E-state index in [1.165, 1.54) is 0 Å². The highest BCUT2D eigenvalue weighted by atomic mass is 127. The fourth-order valence-electron chi connectivity index (χ4n) is 0.708. The van der Waals surface area contributed by atoms with Crippen LogP contribution in [0, 0.1) is 0 Å². The lowest BCUT2D eigenvalue weighted by Gasteiger charge is -2.01.